The zero-order valence-electron chi connectivity index (χ0n) is 15.2. The number of phenolic OH excluding ortho intramolecular Hbond substituents is 1. The summed E-state index contributed by atoms with van der Waals surface area (Å²) in [4.78, 5) is 26.1. The molecule has 0 spiro atoms. The lowest BCUT2D eigenvalue weighted by atomic mass is 9.97. The number of ether oxygens (including phenoxy) is 1. The quantitative estimate of drug-likeness (QED) is 0.877. The van der Waals surface area contributed by atoms with Crippen LogP contribution in [0, 0.1) is 5.92 Å². The van der Waals surface area contributed by atoms with Gasteiger partial charge in [0.2, 0.25) is 5.91 Å². The minimum Gasteiger partial charge on any atom is -0.508 e. The lowest BCUT2D eigenvalue weighted by Crippen LogP contribution is -2.44. The van der Waals surface area contributed by atoms with Gasteiger partial charge in [-0.15, -0.1) is 0 Å². The van der Waals surface area contributed by atoms with E-state index >= 15 is 0 Å². The first kappa shape index (κ1) is 19.1. The number of amides is 2. The molecule has 1 saturated heterocycles. The van der Waals surface area contributed by atoms with Gasteiger partial charge in [-0.3, -0.25) is 4.79 Å². The third-order valence-corrected chi connectivity index (χ3v) is 4.14. The lowest BCUT2D eigenvalue weighted by Gasteiger charge is -2.33. The highest BCUT2D eigenvalue weighted by atomic mass is 16.6. The van der Waals surface area contributed by atoms with Gasteiger partial charge in [0.1, 0.15) is 11.4 Å². The van der Waals surface area contributed by atoms with E-state index in [4.69, 9.17) is 4.74 Å². The van der Waals surface area contributed by atoms with Crippen LogP contribution >= 0.6 is 0 Å². The summed E-state index contributed by atoms with van der Waals surface area (Å²) in [5, 5.41) is 12.6. The Morgan fingerprint density at radius 1 is 1.32 bits per heavy atom. The van der Waals surface area contributed by atoms with Gasteiger partial charge in [-0.2, -0.15) is 0 Å². The van der Waals surface area contributed by atoms with E-state index in [1.807, 2.05) is 31.7 Å². The van der Waals surface area contributed by atoms with Crippen LogP contribution in [0.5, 0.6) is 5.75 Å². The first-order valence-corrected chi connectivity index (χ1v) is 8.76. The van der Waals surface area contributed by atoms with E-state index in [-0.39, 0.29) is 24.0 Å². The molecule has 1 aliphatic rings. The summed E-state index contributed by atoms with van der Waals surface area (Å²) in [6.07, 6.45) is 1.65. The Labute approximate surface area is 149 Å². The van der Waals surface area contributed by atoms with E-state index < -0.39 is 11.7 Å². The van der Waals surface area contributed by atoms with Crippen LogP contribution in [0.4, 0.5) is 4.79 Å². The zero-order chi connectivity index (χ0) is 18.4. The average molecular weight is 348 g/mol. The van der Waals surface area contributed by atoms with Crippen LogP contribution in [-0.4, -0.2) is 47.2 Å². The topological polar surface area (TPSA) is 78.9 Å². The Morgan fingerprint density at radius 2 is 2.04 bits per heavy atom. The molecule has 1 heterocycles. The molecule has 0 bridgehead atoms. The van der Waals surface area contributed by atoms with Crippen molar-refractivity contribution in [2.24, 2.45) is 5.92 Å². The van der Waals surface area contributed by atoms with E-state index in [9.17, 15) is 14.7 Å². The van der Waals surface area contributed by atoms with Crippen molar-refractivity contribution in [2.75, 3.05) is 19.6 Å². The third kappa shape index (κ3) is 6.29. The molecule has 1 fully saturated rings. The number of likely N-dealkylation sites (tertiary alicyclic amines) is 1. The van der Waals surface area contributed by atoms with Crippen molar-refractivity contribution in [3.05, 3.63) is 29.8 Å². The van der Waals surface area contributed by atoms with Gasteiger partial charge < -0.3 is 20.1 Å². The average Bonchev–Trinajstić information content (AvgIpc) is 2.54. The molecule has 138 valence electrons. The van der Waals surface area contributed by atoms with Crippen LogP contribution in [0.1, 0.15) is 39.2 Å². The van der Waals surface area contributed by atoms with Crippen LogP contribution in [0.15, 0.2) is 24.3 Å². The molecular formula is C19H28N2O4. The fourth-order valence-corrected chi connectivity index (χ4v) is 2.94. The van der Waals surface area contributed by atoms with Crippen LogP contribution in [0.25, 0.3) is 0 Å². The molecular weight excluding hydrogens is 320 g/mol. The molecule has 25 heavy (non-hydrogen) atoms. The van der Waals surface area contributed by atoms with Gasteiger partial charge in [-0.05, 0) is 45.6 Å². The number of piperidine rings is 1. The summed E-state index contributed by atoms with van der Waals surface area (Å²) in [7, 11) is 0. The molecule has 1 aliphatic heterocycles. The normalized spacial score (nSPS) is 17.9. The number of hydrogen-bond acceptors (Lipinski definition) is 4. The molecule has 1 unspecified atom stereocenters. The van der Waals surface area contributed by atoms with E-state index in [2.05, 4.69) is 5.32 Å². The summed E-state index contributed by atoms with van der Waals surface area (Å²) < 4.78 is 5.24. The molecule has 0 aromatic heterocycles. The summed E-state index contributed by atoms with van der Waals surface area (Å²) in [5.74, 6) is 0.369. The van der Waals surface area contributed by atoms with Crippen LogP contribution in [0.2, 0.25) is 0 Å². The van der Waals surface area contributed by atoms with Crippen LogP contribution in [0.3, 0.4) is 0 Å². The number of nitrogens with zero attached hydrogens (tertiary/aromatic N) is 1. The molecule has 6 heteroatoms. The van der Waals surface area contributed by atoms with Gasteiger partial charge in [0.15, 0.2) is 0 Å². The van der Waals surface area contributed by atoms with E-state index in [1.165, 1.54) is 0 Å². The fourth-order valence-electron chi connectivity index (χ4n) is 2.94. The minimum absolute atomic E-state index is 0.00321. The summed E-state index contributed by atoms with van der Waals surface area (Å²) in [6, 6.07) is 6.90. The van der Waals surface area contributed by atoms with Crippen molar-refractivity contribution in [1.29, 1.82) is 0 Å². The molecule has 0 radical (unpaired) electrons. The van der Waals surface area contributed by atoms with Crippen molar-refractivity contribution < 1.29 is 19.4 Å². The van der Waals surface area contributed by atoms with Gasteiger partial charge in [0, 0.05) is 25.2 Å². The van der Waals surface area contributed by atoms with E-state index in [1.54, 1.807) is 18.2 Å². The fraction of sp³-hybridized carbons (Fsp3) is 0.579. The van der Waals surface area contributed by atoms with Gasteiger partial charge in [-0.25, -0.2) is 4.79 Å². The van der Waals surface area contributed by atoms with Crippen molar-refractivity contribution in [3.63, 3.8) is 0 Å². The first-order chi connectivity index (χ1) is 11.7. The molecule has 1 aromatic rings. The second kappa shape index (κ2) is 8.23. The van der Waals surface area contributed by atoms with Crippen LogP contribution < -0.4 is 5.32 Å². The lowest BCUT2D eigenvalue weighted by molar-refractivity contribution is -0.132. The Hall–Kier alpha value is -2.24. The number of rotatable bonds is 4. The number of phenols is 1. The largest absolute Gasteiger partial charge is 0.508 e. The third-order valence-electron chi connectivity index (χ3n) is 4.14. The maximum atomic E-state index is 12.5. The van der Waals surface area contributed by atoms with Crippen molar-refractivity contribution in [1.82, 2.24) is 10.2 Å². The molecule has 6 nitrogen and oxygen atoms in total. The van der Waals surface area contributed by atoms with Gasteiger partial charge in [0.05, 0.1) is 6.42 Å². The molecule has 2 N–H and O–H groups in total. The molecule has 0 aliphatic carbocycles. The Morgan fingerprint density at radius 3 is 2.72 bits per heavy atom. The van der Waals surface area contributed by atoms with Crippen molar-refractivity contribution in [3.8, 4) is 5.75 Å². The molecule has 0 saturated carbocycles. The first-order valence-electron chi connectivity index (χ1n) is 8.76. The highest BCUT2D eigenvalue weighted by Crippen LogP contribution is 2.20. The van der Waals surface area contributed by atoms with Crippen molar-refractivity contribution in [2.45, 2.75) is 45.6 Å². The number of carbonyl (C=O) groups excluding carboxylic acids is 2. The molecule has 1 aromatic carbocycles. The number of carbonyl (C=O) groups is 2. The molecule has 1 atom stereocenters. The van der Waals surface area contributed by atoms with Gasteiger partial charge >= 0.3 is 6.09 Å². The van der Waals surface area contributed by atoms with Gasteiger partial charge in [-0.1, -0.05) is 18.2 Å². The maximum Gasteiger partial charge on any atom is 0.407 e. The SMILES string of the molecule is CC(C)(C)OC(=O)NCC1CCCN(C(=O)Cc2ccccc2O)C1. The number of alkyl carbamates (subject to hydrolysis) is 1. The standard InChI is InChI=1S/C19H28N2O4/c1-19(2,3)25-18(24)20-12-14-7-6-10-21(13-14)17(23)11-15-8-4-5-9-16(15)22/h4-5,8-9,14,22H,6-7,10-13H2,1-3H3,(H,20,24). The number of hydrogen-bond donors (Lipinski definition) is 2. The zero-order valence-corrected chi connectivity index (χ0v) is 15.2. The predicted molar refractivity (Wildman–Crippen MR) is 95.4 cm³/mol. The summed E-state index contributed by atoms with van der Waals surface area (Å²) in [6.45, 7) is 7.30. The van der Waals surface area contributed by atoms with Gasteiger partial charge in [0.25, 0.3) is 0 Å². The minimum atomic E-state index is -0.518. The van der Waals surface area contributed by atoms with Crippen LogP contribution in [-0.2, 0) is 16.0 Å². The molecule has 2 amide bonds. The van der Waals surface area contributed by atoms with E-state index in [0.717, 1.165) is 19.4 Å². The predicted octanol–water partition coefficient (Wildman–Crippen LogP) is 2.70. The second-order valence-corrected chi connectivity index (χ2v) is 7.54. The highest BCUT2D eigenvalue weighted by Gasteiger charge is 2.25. The van der Waals surface area contributed by atoms with Crippen molar-refractivity contribution >= 4 is 12.0 Å². The Kier molecular flexibility index (Phi) is 6.28. The monoisotopic (exact) mass is 348 g/mol. The maximum absolute atomic E-state index is 12.5. The highest BCUT2D eigenvalue weighted by molar-refractivity contribution is 5.79. The number of nitrogens with one attached hydrogen (secondary N) is 1. The summed E-state index contributed by atoms with van der Waals surface area (Å²) in [5.41, 5.74) is 0.123. The van der Waals surface area contributed by atoms with E-state index in [0.29, 0.717) is 18.7 Å². The molecule has 2 rings (SSSR count). The second-order valence-electron chi connectivity index (χ2n) is 7.54. The number of aromatic hydroxyl groups is 1. The Bertz CT molecular complexity index is 610. The smallest absolute Gasteiger partial charge is 0.407 e. The number of benzene rings is 1. The summed E-state index contributed by atoms with van der Waals surface area (Å²) >= 11 is 0. The number of para-hydroxylation sites is 1. The Balaban J connectivity index is 1.83.